The molecule has 0 saturated carbocycles. The maximum atomic E-state index is 13.5. The minimum absolute atomic E-state index is 0.137. The first kappa shape index (κ1) is 19.2. The maximum Gasteiger partial charge on any atom is 0.262 e. The Balaban J connectivity index is 1.98. The fourth-order valence-corrected chi connectivity index (χ4v) is 4.23. The zero-order valence-electron chi connectivity index (χ0n) is 15.5. The molecule has 3 rings (SSSR count). The predicted octanol–water partition coefficient (Wildman–Crippen LogP) is 3.32. The number of carbonyl (C=O) groups is 1. The van der Waals surface area contributed by atoms with E-state index in [9.17, 15) is 17.6 Å². The molecular formula is C19H21FN2O4S. The molecule has 8 heteroatoms. The topological polar surface area (TPSA) is 75.7 Å². The minimum Gasteiger partial charge on any atom is -0.490 e. The molecule has 6 nitrogen and oxygen atoms in total. The van der Waals surface area contributed by atoms with Crippen LogP contribution in [0.3, 0.4) is 0 Å². The van der Waals surface area contributed by atoms with Crippen LogP contribution in [-0.2, 0) is 14.8 Å². The van der Waals surface area contributed by atoms with Gasteiger partial charge in [0.2, 0.25) is 5.91 Å². The molecule has 27 heavy (non-hydrogen) atoms. The van der Waals surface area contributed by atoms with Crippen molar-refractivity contribution in [2.75, 3.05) is 23.3 Å². The van der Waals surface area contributed by atoms with Gasteiger partial charge < -0.3 is 9.64 Å². The fourth-order valence-electron chi connectivity index (χ4n) is 2.92. The van der Waals surface area contributed by atoms with Crippen molar-refractivity contribution in [3.8, 4) is 5.75 Å². The zero-order valence-corrected chi connectivity index (χ0v) is 16.4. The molecule has 1 aliphatic rings. The maximum absolute atomic E-state index is 13.5. The van der Waals surface area contributed by atoms with E-state index in [2.05, 4.69) is 4.72 Å². The average Bonchev–Trinajstić information content (AvgIpc) is 2.68. The molecule has 0 radical (unpaired) electrons. The summed E-state index contributed by atoms with van der Waals surface area (Å²) in [4.78, 5) is 13.9. The van der Waals surface area contributed by atoms with Crippen molar-refractivity contribution in [1.82, 2.24) is 0 Å². The van der Waals surface area contributed by atoms with Crippen LogP contribution in [0.5, 0.6) is 5.75 Å². The minimum atomic E-state index is -3.99. The second-order valence-corrected chi connectivity index (χ2v) is 8.89. The molecule has 0 aromatic heterocycles. The second kappa shape index (κ2) is 6.53. The van der Waals surface area contributed by atoms with Gasteiger partial charge in [-0.15, -0.1) is 0 Å². The first-order valence-corrected chi connectivity index (χ1v) is 9.83. The van der Waals surface area contributed by atoms with Crippen LogP contribution in [0.2, 0.25) is 0 Å². The highest BCUT2D eigenvalue weighted by molar-refractivity contribution is 7.92. The molecule has 0 unspecified atom stereocenters. The Kier molecular flexibility index (Phi) is 4.63. The molecule has 1 aliphatic heterocycles. The Morgan fingerprint density at radius 2 is 1.89 bits per heavy atom. The van der Waals surface area contributed by atoms with Gasteiger partial charge in [0.05, 0.1) is 21.7 Å². The number of hydrogen-bond acceptors (Lipinski definition) is 4. The summed E-state index contributed by atoms with van der Waals surface area (Å²) in [6, 6.07) is 8.27. The molecule has 0 spiro atoms. The number of halogens is 1. The van der Waals surface area contributed by atoms with Crippen molar-refractivity contribution in [2.24, 2.45) is 5.41 Å². The van der Waals surface area contributed by atoms with Crippen LogP contribution >= 0.6 is 0 Å². The first-order valence-electron chi connectivity index (χ1n) is 8.35. The van der Waals surface area contributed by atoms with Crippen molar-refractivity contribution >= 4 is 27.3 Å². The van der Waals surface area contributed by atoms with Crippen LogP contribution in [-0.4, -0.2) is 28.0 Å². The third-order valence-corrected chi connectivity index (χ3v) is 6.01. The van der Waals surface area contributed by atoms with Gasteiger partial charge in [-0.2, -0.15) is 0 Å². The number of carbonyl (C=O) groups excluding carboxylic acids is 1. The van der Waals surface area contributed by atoms with E-state index < -0.39 is 21.3 Å². The number of rotatable bonds is 3. The van der Waals surface area contributed by atoms with Crippen LogP contribution in [0.25, 0.3) is 0 Å². The Morgan fingerprint density at radius 1 is 1.19 bits per heavy atom. The van der Waals surface area contributed by atoms with Crippen LogP contribution in [0.1, 0.15) is 19.4 Å². The number of hydrogen-bond donors (Lipinski definition) is 1. The average molecular weight is 392 g/mol. The van der Waals surface area contributed by atoms with E-state index in [4.69, 9.17) is 4.74 Å². The number of nitrogens with zero attached hydrogens (tertiary/aromatic N) is 1. The van der Waals surface area contributed by atoms with Gasteiger partial charge in [0.15, 0.2) is 0 Å². The van der Waals surface area contributed by atoms with E-state index in [0.717, 1.165) is 6.07 Å². The van der Waals surface area contributed by atoms with Crippen molar-refractivity contribution in [1.29, 1.82) is 0 Å². The van der Waals surface area contributed by atoms with Crippen LogP contribution in [0, 0.1) is 18.2 Å². The summed E-state index contributed by atoms with van der Waals surface area (Å²) in [5, 5.41) is 0. The Labute approximate surface area is 158 Å². The second-order valence-electron chi connectivity index (χ2n) is 7.23. The van der Waals surface area contributed by atoms with Gasteiger partial charge >= 0.3 is 0 Å². The van der Waals surface area contributed by atoms with Gasteiger partial charge in [0.25, 0.3) is 10.0 Å². The molecule has 0 bridgehead atoms. The molecule has 2 aromatic carbocycles. The number of nitrogens with one attached hydrogen (secondary N) is 1. The molecule has 0 fully saturated rings. The summed E-state index contributed by atoms with van der Waals surface area (Å²) in [5.41, 5.74) is 0.435. The van der Waals surface area contributed by atoms with Crippen molar-refractivity contribution in [3.05, 3.63) is 47.8 Å². The zero-order chi connectivity index (χ0) is 20.0. The van der Waals surface area contributed by atoms with Crippen molar-refractivity contribution < 1.29 is 22.3 Å². The standard InChI is InChI=1S/C19H21FN2O4S/c1-12-5-6-13(20)9-17(12)27(24,25)21-14-7-8-16-15(10-14)22(4)18(23)19(2,3)11-26-16/h5-10,21H,11H2,1-4H3. The lowest BCUT2D eigenvalue weighted by Gasteiger charge is -2.24. The van der Waals surface area contributed by atoms with E-state index in [0.29, 0.717) is 17.0 Å². The number of amides is 1. The number of ether oxygens (including phenoxy) is 1. The highest BCUT2D eigenvalue weighted by atomic mass is 32.2. The van der Waals surface area contributed by atoms with Gasteiger partial charge in [-0.25, -0.2) is 12.8 Å². The van der Waals surface area contributed by atoms with E-state index in [1.807, 2.05) is 0 Å². The highest BCUT2D eigenvalue weighted by Crippen LogP contribution is 2.37. The molecule has 1 amide bonds. The van der Waals surface area contributed by atoms with Gasteiger partial charge in [-0.05, 0) is 56.7 Å². The number of aryl methyl sites for hydroxylation is 1. The normalized spacial score (nSPS) is 16.3. The Hall–Kier alpha value is -2.61. The van der Waals surface area contributed by atoms with Crippen molar-refractivity contribution in [2.45, 2.75) is 25.7 Å². The van der Waals surface area contributed by atoms with Crippen LogP contribution in [0.15, 0.2) is 41.3 Å². The van der Waals surface area contributed by atoms with E-state index in [-0.39, 0.29) is 23.1 Å². The third kappa shape index (κ3) is 3.62. The lowest BCUT2D eigenvalue weighted by atomic mass is 9.93. The van der Waals surface area contributed by atoms with Crippen LogP contribution < -0.4 is 14.4 Å². The van der Waals surface area contributed by atoms with E-state index in [1.54, 1.807) is 40.0 Å². The largest absolute Gasteiger partial charge is 0.490 e. The van der Waals surface area contributed by atoms with Crippen LogP contribution in [0.4, 0.5) is 15.8 Å². The van der Waals surface area contributed by atoms with Gasteiger partial charge in [0.1, 0.15) is 18.2 Å². The van der Waals surface area contributed by atoms with E-state index >= 15 is 0 Å². The summed E-state index contributed by atoms with van der Waals surface area (Å²) in [6.07, 6.45) is 0. The smallest absolute Gasteiger partial charge is 0.262 e. The monoisotopic (exact) mass is 392 g/mol. The highest BCUT2D eigenvalue weighted by Gasteiger charge is 2.36. The fraction of sp³-hybridized carbons (Fsp3) is 0.316. The molecule has 0 atom stereocenters. The number of sulfonamides is 1. The number of anilines is 2. The van der Waals surface area contributed by atoms with Gasteiger partial charge in [-0.1, -0.05) is 6.07 Å². The SMILES string of the molecule is Cc1ccc(F)cc1S(=O)(=O)Nc1ccc2c(c1)N(C)C(=O)C(C)(C)CO2. The van der Waals surface area contributed by atoms with Gasteiger partial charge in [-0.3, -0.25) is 9.52 Å². The molecule has 1 N–H and O–H groups in total. The first-order chi connectivity index (χ1) is 12.5. The molecule has 0 aliphatic carbocycles. The van der Waals surface area contributed by atoms with Crippen molar-refractivity contribution in [3.63, 3.8) is 0 Å². The summed E-state index contributed by atoms with van der Waals surface area (Å²) in [7, 11) is -2.37. The number of fused-ring (bicyclic) bond motifs is 1. The lowest BCUT2D eigenvalue weighted by Crippen LogP contribution is -2.39. The molecule has 1 heterocycles. The quantitative estimate of drug-likeness (QED) is 0.870. The molecule has 144 valence electrons. The summed E-state index contributed by atoms with van der Waals surface area (Å²) < 4.78 is 47.0. The Bertz CT molecular complexity index is 1020. The van der Waals surface area contributed by atoms with Gasteiger partial charge in [0, 0.05) is 7.05 Å². The van der Waals surface area contributed by atoms with E-state index in [1.165, 1.54) is 23.1 Å². The third-order valence-electron chi connectivity index (χ3n) is 4.48. The predicted molar refractivity (Wildman–Crippen MR) is 101 cm³/mol. The summed E-state index contributed by atoms with van der Waals surface area (Å²) in [6.45, 7) is 5.38. The summed E-state index contributed by atoms with van der Waals surface area (Å²) in [5.74, 6) is -0.285. The number of benzene rings is 2. The molecule has 2 aromatic rings. The summed E-state index contributed by atoms with van der Waals surface area (Å²) >= 11 is 0. The lowest BCUT2D eigenvalue weighted by molar-refractivity contribution is -0.127. The Morgan fingerprint density at radius 3 is 2.59 bits per heavy atom. The molecular weight excluding hydrogens is 371 g/mol. The molecule has 0 saturated heterocycles.